The lowest BCUT2D eigenvalue weighted by atomic mass is 10.1. The molecule has 1 atom stereocenters. The number of carbonyl (C=O) groups is 1. The predicted molar refractivity (Wildman–Crippen MR) is 97.0 cm³/mol. The first-order valence-corrected chi connectivity index (χ1v) is 8.86. The summed E-state index contributed by atoms with van der Waals surface area (Å²) in [4.78, 5) is 21.1. The van der Waals surface area contributed by atoms with E-state index in [1.807, 2.05) is 42.6 Å². The van der Waals surface area contributed by atoms with Crippen molar-refractivity contribution in [1.29, 1.82) is 0 Å². The van der Waals surface area contributed by atoms with Crippen molar-refractivity contribution in [3.05, 3.63) is 58.2 Å². The summed E-state index contributed by atoms with van der Waals surface area (Å²) >= 11 is 1.63. The van der Waals surface area contributed by atoms with Crippen molar-refractivity contribution in [1.82, 2.24) is 20.6 Å². The summed E-state index contributed by atoms with van der Waals surface area (Å²) in [5.41, 5.74) is 2.82. The number of pyridine rings is 1. The van der Waals surface area contributed by atoms with Crippen LogP contribution in [0.5, 0.6) is 0 Å². The first-order chi connectivity index (χ1) is 11.7. The summed E-state index contributed by atoms with van der Waals surface area (Å²) in [6.07, 6.45) is 2.68. The molecule has 0 aliphatic rings. The molecule has 2 heterocycles. The molecule has 124 valence electrons. The maximum absolute atomic E-state index is 12.1. The van der Waals surface area contributed by atoms with Crippen LogP contribution in [0.4, 0.5) is 4.79 Å². The van der Waals surface area contributed by atoms with Gasteiger partial charge in [0.25, 0.3) is 0 Å². The number of hydrogen-bond acceptors (Lipinski definition) is 4. The van der Waals surface area contributed by atoms with Crippen LogP contribution in [-0.2, 0) is 13.0 Å². The summed E-state index contributed by atoms with van der Waals surface area (Å²) in [6, 6.07) is 9.57. The Balaban J connectivity index is 1.60. The molecule has 2 aromatic heterocycles. The molecule has 0 unspecified atom stereocenters. The standard InChI is InChI=1S/C18H20N4OS/c1-3-16-22-15(11-24-16)12(2)21-18(23)20-10-14-7-4-6-13-8-5-9-19-17(13)14/h4-9,11-12H,3,10H2,1-2H3,(H2,20,21,23)/t12-/m1/s1. The molecule has 3 rings (SSSR count). The largest absolute Gasteiger partial charge is 0.334 e. The van der Waals surface area contributed by atoms with Gasteiger partial charge in [-0.2, -0.15) is 0 Å². The maximum Gasteiger partial charge on any atom is 0.315 e. The summed E-state index contributed by atoms with van der Waals surface area (Å²) in [7, 11) is 0. The van der Waals surface area contributed by atoms with E-state index in [-0.39, 0.29) is 12.1 Å². The number of para-hydroxylation sites is 1. The van der Waals surface area contributed by atoms with Gasteiger partial charge in [0.05, 0.1) is 22.3 Å². The monoisotopic (exact) mass is 340 g/mol. The Morgan fingerprint density at radius 2 is 2.12 bits per heavy atom. The summed E-state index contributed by atoms with van der Waals surface area (Å²) in [6.45, 7) is 4.45. The number of amides is 2. The van der Waals surface area contributed by atoms with Crippen LogP contribution < -0.4 is 10.6 Å². The number of fused-ring (bicyclic) bond motifs is 1. The number of carbonyl (C=O) groups excluding carboxylic acids is 1. The Hall–Kier alpha value is -2.47. The van der Waals surface area contributed by atoms with E-state index in [1.165, 1.54) is 0 Å². The average molecular weight is 340 g/mol. The summed E-state index contributed by atoms with van der Waals surface area (Å²) in [5, 5.41) is 9.98. The molecule has 0 bridgehead atoms. The van der Waals surface area contributed by atoms with Crippen LogP contribution >= 0.6 is 11.3 Å². The Morgan fingerprint density at radius 3 is 2.92 bits per heavy atom. The topological polar surface area (TPSA) is 66.9 Å². The Bertz CT molecular complexity index is 840. The first kappa shape index (κ1) is 16.4. The van der Waals surface area contributed by atoms with E-state index in [2.05, 4.69) is 27.5 Å². The molecule has 0 radical (unpaired) electrons. The summed E-state index contributed by atoms with van der Waals surface area (Å²) < 4.78 is 0. The van der Waals surface area contributed by atoms with Crippen molar-refractivity contribution >= 4 is 28.3 Å². The zero-order valence-corrected chi connectivity index (χ0v) is 14.6. The number of hydrogen-bond donors (Lipinski definition) is 2. The number of thiazole rings is 1. The molecule has 0 saturated carbocycles. The van der Waals surface area contributed by atoms with Gasteiger partial charge in [-0.3, -0.25) is 4.98 Å². The fourth-order valence-electron chi connectivity index (χ4n) is 2.49. The van der Waals surface area contributed by atoms with E-state index >= 15 is 0 Å². The molecule has 2 N–H and O–H groups in total. The van der Waals surface area contributed by atoms with Gasteiger partial charge in [-0.1, -0.05) is 31.2 Å². The van der Waals surface area contributed by atoms with Gasteiger partial charge in [-0.15, -0.1) is 11.3 Å². The molecule has 1 aromatic carbocycles. The normalized spacial score (nSPS) is 12.1. The average Bonchev–Trinajstić information content (AvgIpc) is 3.09. The second-order valence-corrected chi connectivity index (χ2v) is 6.50. The van der Waals surface area contributed by atoms with Crippen LogP contribution in [0.1, 0.15) is 36.2 Å². The van der Waals surface area contributed by atoms with Gasteiger partial charge in [0.15, 0.2) is 0 Å². The highest BCUT2D eigenvalue weighted by Gasteiger charge is 2.12. The van der Waals surface area contributed by atoms with Gasteiger partial charge in [-0.05, 0) is 25.0 Å². The van der Waals surface area contributed by atoms with Crippen LogP contribution in [0.3, 0.4) is 0 Å². The molecule has 3 aromatic rings. The number of aryl methyl sites for hydroxylation is 1. The molecule has 0 spiro atoms. The van der Waals surface area contributed by atoms with Gasteiger partial charge in [0.2, 0.25) is 0 Å². The Morgan fingerprint density at radius 1 is 1.29 bits per heavy atom. The molecular formula is C18H20N4OS. The zero-order valence-electron chi connectivity index (χ0n) is 13.7. The van der Waals surface area contributed by atoms with E-state index < -0.39 is 0 Å². The second kappa shape index (κ2) is 7.40. The van der Waals surface area contributed by atoms with E-state index in [1.54, 1.807) is 17.5 Å². The lowest BCUT2D eigenvalue weighted by molar-refractivity contribution is 0.237. The number of rotatable bonds is 5. The van der Waals surface area contributed by atoms with Crippen molar-refractivity contribution in [3.8, 4) is 0 Å². The van der Waals surface area contributed by atoms with Gasteiger partial charge < -0.3 is 10.6 Å². The van der Waals surface area contributed by atoms with E-state index in [4.69, 9.17) is 0 Å². The quantitative estimate of drug-likeness (QED) is 0.742. The van der Waals surface area contributed by atoms with Crippen molar-refractivity contribution < 1.29 is 4.79 Å². The van der Waals surface area contributed by atoms with Crippen LogP contribution in [0.15, 0.2) is 41.9 Å². The Kier molecular flexibility index (Phi) is 5.05. The fraction of sp³-hybridized carbons (Fsp3) is 0.278. The number of nitrogens with one attached hydrogen (secondary N) is 2. The minimum Gasteiger partial charge on any atom is -0.334 e. The van der Waals surface area contributed by atoms with Gasteiger partial charge >= 0.3 is 6.03 Å². The smallest absolute Gasteiger partial charge is 0.315 e. The fourth-order valence-corrected chi connectivity index (χ4v) is 3.33. The van der Waals surface area contributed by atoms with Crippen LogP contribution in [0.2, 0.25) is 0 Å². The van der Waals surface area contributed by atoms with E-state index in [0.717, 1.165) is 33.6 Å². The minimum absolute atomic E-state index is 0.118. The maximum atomic E-state index is 12.1. The van der Waals surface area contributed by atoms with Crippen molar-refractivity contribution in [2.45, 2.75) is 32.9 Å². The number of urea groups is 1. The van der Waals surface area contributed by atoms with Gasteiger partial charge in [0, 0.05) is 23.5 Å². The van der Waals surface area contributed by atoms with E-state index in [9.17, 15) is 4.79 Å². The zero-order chi connectivity index (χ0) is 16.9. The molecule has 24 heavy (non-hydrogen) atoms. The molecule has 5 nitrogen and oxygen atoms in total. The van der Waals surface area contributed by atoms with Crippen LogP contribution in [0.25, 0.3) is 10.9 Å². The third-order valence-electron chi connectivity index (χ3n) is 3.82. The molecule has 0 fully saturated rings. The lowest BCUT2D eigenvalue weighted by Gasteiger charge is -2.13. The molecule has 0 aliphatic heterocycles. The lowest BCUT2D eigenvalue weighted by Crippen LogP contribution is -2.36. The molecule has 2 amide bonds. The Labute approximate surface area is 145 Å². The third-order valence-corrected chi connectivity index (χ3v) is 4.83. The molecule has 0 saturated heterocycles. The SMILES string of the molecule is CCc1nc([C@@H](C)NC(=O)NCc2cccc3cccnc23)cs1. The van der Waals surface area contributed by atoms with Crippen LogP contribution in [-0.4, -0.2) is 16.0 Å². The van der Waals surface area contributed by atoms with E-state index in [0.29, 0.717) is 6.54 Å². The molecule has 6 heteroatoms. The highest BCUT2D eigenvalue weighted by atomic mass is 32.1. The third kappa shape index (κ3) is 3.71. The summed E-state index contributed by atoms with van der Waals surface area (Å²) in [5.74, 6) is 0. The molecule has 0 aliphatic carbocycles. The minimum atomic E-state index is -0.207. The van der Waals surface area contributed by atoms with Gasteiger partial charge in [0.1, 0.15) is 0 Å². The van der Waals surface area contributed by atoms with Gasteiger partial charge in [-0.25, -0.2) is 9.78 Å². The van der Waals surface area contributed by atoms with Crippen LogP contribution in [0, 0.1) is 0 Å². The highest BCUT2D eigenvalue weighted by molar-refractivity contribution is 7.09. The van der Waals surface area contributed by atoms with Crippen molar-refractivity contribution in [3.63, 3.8) is 0 Å². The van der Waals surface area contributed by atoms with Crippen molar-refractivity contribution in [2.24, 2.45) is 0 Å². The second-order valence-electron chi connectivity index (χ2n) is 5.56. The molecular weight excluding hydrogens is 320 g/mol. The highest BCUT2D eigenvalue weighted by Crippen LogP contribution is 2.17. The van der Waals surface area contributed by atoms with Crippen molar-refractivity contribution in [2.75, 3.05) is 0 Å². The first-order valence-electron chi connectivity index (χ1n) is 7.98. The number of aromatic nitrogens is 2. The predicted octanol–water partition coefficient (Wildman–Crippen LogP) is 3.81. The number of nitrogens with zero attached hydrogens (tertiary/aromatic N) is 2. The number of benzene rings is 1.